The van der Waals surface area contributed by atoms with Gasteiger partial charge in [-0.05, 0) is 67.8 Å². The van der Waals surface area contributed by atoms with Crippen LogP contribution in [0, 0.1) is 5.82 Å². The van der Waals surface area contributed by atoms with Gasteiger partial charge in [-0.15, -0.1) is 5.10 Å². The van der Waals surface area contributed by atoms with Crippen molar-refractivity contribution in [2.75, 3.05) is 19.0 Å². The molecule has 1 fully saturated rings. The summed E-state index contributed by atoms with van der Waals surface area (Å²) in [5, 5.41) is 23.8. The van der Waals surface area contributed by atoms with Crippen molar-refractivity contribution in [2.45, 2.75) is 44.1 Å². The van der Waals surface area contributed by atoms with Crippen LogP contribution in [0.1, 0.15) is 19.3 Å². The average molecular weight is 470 g/mol. The van der Waals surface area contributed by atoms with Crippen LogP contribution in [-0.2, 0) is 11.3 Å². The molecule has 3 N–H and O–H groups in total. The van der Waals surface area contributed by atoms with E-state index >= 15 is 0 Å². The predicted octanol–water partition coefficient (Wildman–Crippen LogP) is 3.21. The molecule has 2 aromatic carbocycles. The Balaban J connectivity index is 1.25. The third kappa shape index (κ3) is 6.09. The highest BCUT2D eigenvalue weighted by Crippen LogP contribution is 2.23. The zero-order valence-corrected chi connectivity index (χ0v) is 18.9. The molecule has 1 aliphatic rings. The lowest BCUT2D eigenvalue weighted by atomic mass is 9.97. The summed E-state index contributed by atoms with van der Waals surface area (Å²) < 4.78 is 26.0. The molecule has 0 aliphatic carbocycles. The molecule has 0 saturated carbocycles. The first-order chi connectivity index (χ1) is 16.5. The molecule has 1 aromatic heterocycles. The number of urea groups is 1. The van der Waals surface area contributed by atoms with Crippen LogP contribution >= 0.6 is 0 Å². The molecule has 0 radical (unpaired) electrons. The lowest BCUT2D eigenvalue weighted by molar-refractivity contribution is -0.0905. The Kier molecular flexibility index (Phi) is 7.71. The number of nitrogens with zero attached hydrogens (tertiary/aromatic N) is 3. The summed E-state index contributed by atoms with van der Waals surface area (Å²) in [5.41, 5.74) is 2.11. The van der Waals surface area contributed by atoms with Crippen LogP contribution in [0.25, 0.3) is 11.3 Å². The molecule has 2 heterocycles. The highest BCUT2D eigenvalue weighted by molar-refractivity contribution is 5.89. The van der Waals surface area contributed by atoms with Crippen LogP contribution in [0.4, 0.5) is 14.9 Å². The number of methoxy groups -OCH3 is 1. The summed E-state index contributed by atoms with van der Waals surface area (Å²) in [7, 11) is 1.58. The molecule has 0 bridgehead atoms. The number of carbonyl (C=O) groups is 1. The van der Waals surface area contributed by atoms with Crippen molar-refractivity contribution in [3.05, 3.63) is 60.5 Å². The van der Waals surface area contributed by atoms with Gasteiger partial charge in [-0.2, -0.15) is 0 Å². The maximum Gasteiger partial charge on any atom is 0.319 e. The molecule has 0 unspecified atom stereocenters. The van der Waals surface area contributed by atoms with Gasteiger partial charge in [0, 0.05) is 17.8 Å². The number of rotatable bonds is 8. The topological polar surface area (TPSA) is 111 Å². The Labute approximate surface area is 196 Å². The van der Waals surface area contributed by atoms with Gasteiger partial charge in [-0.3, -0.25) is 4.68 Å². The molecule has 3 aromatic rings. The van der Waals surface area contributed by atoms with E-state index in [4.69, 9.17) is 9.47 Å². The van der Waals surface area contributed by atoms with Gasteiger partial charge in [-0.25, -0.2) is 9.18 Å². The largest absolute Gasteiger partial charge is 0.497 e. The minimum absolute atomic E-state index is 0.0710. The number of hydrogen-bond donors (Lipinski definition) is 3. The number of carbonyl (C=O) groups excluding carboxylic acids is 1. The number of hydrogen-bond acceptors (Lipinski definition) is 6. The molecule has 1 saturated heterocycles. The SMILES string of the molecule is COc1ccc(NC(=O)N[C@H]2CC[C@@H](CCn3cc(-c4ccc(F)cc4)nn3)O[C@@H]2CO)cc1. The lowest BCUT2D eigenvalue weighted by Gasteiger charge is -2.36. The van der Waals surface area contributed by atoms with Crippen molar-refractivity contribution in [3.8, 4) is 17.0 Å². The van der Waals surface area contributed by atoms with Crippen LogP contribution in [0.2, 0.25) is 0 Å². The van der Waals surface area contributed by atoms with E-state index in [1.807, 2.05) is 6.20 Å². The number of nitrogens with one attached hydrogen (secondary N) is 2. The fourth-order valence-electron chi connectivity index (χ4n) is 3.96. The first-order valence-corrected chi connectivity index (χ1v) is 11.2. The summed E-state index contributed by atoms with van der Waals surface area (Å²) in [6.45, 7) is 0.398. The molecule has 4 rings (SSSR count). The Morgan fingerprint density at radius 2 is 1.97 bits per heavy atom. The summed E-state index contributed by atoms with van der Waals surface area (Å²) in [6, 6.07) is 12.5. The summed E-state index contributed by atoms with van der Waals surface area (Å²) in [5.74, 6) is 0.408. The molecule has 2 amide bonds. The molecular weight excluding hydrogens is 441 g/mol. The highest BCUT2D eigenvalue weighted by Gasteiger charge is 2.31. The van der Waals surface area contributed by atoms with E-state index < -0.39 is 6.10 Å². The van der Waals surface area contributed by atoms with Crippen LogP contribution in [0.3, 0.4) is 0 Å². The summed E-state index contributed by atoms with van der Waals surface area (Å²) >= 11 is 0. The van der Waals surface area contributed by atoms with Crippen molar-refractivity contribution in [2.24, 2.45) is 0 Å². The summed E-state index contributed by atoms with van der Waals surface area (Å²) in [6.07, 6.45) is 3.36. The molecule has 3 atom stereocenters. The van der Waals surface area contributed by atoms with Gasteiger partial charge >= 0.3 is 6.03 Å². The van der Waals surface area contributed by atoms with Crippen LogP contribution in [0.5, 0.6) is 5.75 Å². The number of anilines is 1. The summed E-state index contributed by atoms with van der Waals surface area (Å²) in [4.78, 5) is 12.4. The highest BCUT2D eigenvalue weighted by atomic mass is 19.1. The van der Waals surface area contributed by atoms with Crippen LogP contribution < -0.4 is 15.4 Å². The van der Waals surface area contributed by atoms with E-state index in [2.05, 4.69) is 20.9 Å². The first-order valence-electron chi connectivity index (χ1n) is 11.2. The Hall–Kier alpha value is -3.50. The fourth-order valence-corrected chi connectivity index (χ4v) is 3.96. The number of benzene rings is 2. The predicted molar refractivity (Wildman–Crippen MR) is 124 cm³/mol. The maximum absolute atomic E-state index is 13.1. The van der Waals surface area contributed by atoms with Crippen molar-refractivity contribution in [1.29, 1.82) is 0 Å². The second-order valence-electron chi connectivity index (χ2n) is 8.15. The quantitative estimate of drug-likeness (QED) is 0.467. The van der Waals surface area contributed by atoms with E-state index in [1.165, 1.54) is 12.1 Å². The van der Waals surface area contributed by atoms with Gasteiger partial charge in [0.25, 0.3) is 0 Å². The van der Waals surface area contributed by atoms with Gasteiger partial charge in [0.1, 0.15) is 23.4 Å². The number of aromatic nitrogens is 3. The van der Waals surface area contributed by atoms with Gasteiger partial charge in [0.2, 0.25) is 0 Å². The number of halogens is 1. The van der Waals surface area contributed by atoms with E-state index in [9.17, 15) is 14.3 Å². The van der Waals surface area contributed by atoms with E-state index in [-0.39, 0.29) is 30.6 Å². The molecule has 10 heteroatoms. The molecule has 34 heavy (non-hydrogen) atoms. The monoisotopic (exact) mass is 469 g/mol. The minimum atomic E-state index is -0.495. The van der Waals surface area contributed by atoms with Crippen molar-refractivity contribution in [1.82, 2.24) is 20.3 Å². The van der Waals surface area contributed by atoms with Gasteiger partial charge < -0.3 is 25.2 Å². The van der Waals surface area contributed by atoms with E-state index in [0.29, 0.717) is 36.5 Å². The second kappa shape index (κ2) is 11.1. The molecule has 1 aliphatic heterocycles. The van der Waals surface area contributed by atoms with E-state index in [1.54, 1.807) is 48.2 Å². The number of aryl methyl sites for hydroxylation is 1. The van der Waals surface area contributed by atoms with Crippen LogP contribution in [-0.4, -0.2) is 58.1 Å². The minimum Gasteiger partial charge on any atom is -0.497 e. The number of amides is 2. The van der Waals surface area contributed by atoms with Gasteiger partial charge in [0.05, 0.1) is 32.1 Å². The third-order valence-corrected chi connectivity index (χ3v) is 5.82. The smallest absolute Gasteiger partial charge is 0.319 e. The first kappa shape index (κ1) is 23.7. The zero-order chi connectivity index (χ0) is 23.9. The normalized spacial score (nSPS) is 20.0. The Bertz CT molecular complexity index is 1070. The van der Waals surface area contributed by atoms with Gasteiger partial charge in [-0.1, -0.05) is 5.21 Å². The van der Waals surface area contributed by atoms with Gasteiger partial charge in [0.15, 0.2) is 0 Å². The molecule has 180 valence electrons. The van der Waals surface area contributed by atoms with Crippen molar-refractivity contribution in [3.63, 3.8) is 0 Å². The van der Waals surface area contributed by atoms with E-state index in [0.717, 1.165) is 12.0 Å². The Morgan fingerprint density at radius 3 is 2.68 bits per heavy atom. The number of aliphatic hydroxyl groups is 1. The lowest BCUT2D eigenvalue weighted by Crippen LogP contribution is -2.52. The van der Waals surface area contributed by atoms with Crippen molar-refractivity contribution < 1.29 is 23.8 Å². The van der Waals surface area contributed by atoms with Crippen molar-refractivity contribution >= 4 is 11.7 Å². The van der Waals surface area contributed by atoms with Crippen LogP contribution in [0.15, 0.2) is 54.7 Å². The molecule has 0 spiro atoms. The standard InChI is InChI=1S/C24H28FN5O4/c1-33-19-8-6-18(7-9-19)26-24(32)27-21-11-10-20(34-23(21)15-31)12-13-30-14-22(28-29-30)16-2-4-17(25)5-3-16/h2-9,14,20-21,23,31H,10-13,15H2,1H3,(H2,26,27,32)/t20-,21-,23+/m0/s1. The fraction of sp³-hybridized carbons (Fsp3) is 0.375. The Morgan fingerprint density at radius 1 is 1.21 bits per heavy atom. The average Bonchev–Trinajstić information content (AvgIpc) is 3.33. The zero-order valence-electron chi connectivity index (χ0n) is 18.9. The molecular formula is C24H28FN5O4. The second-order valence-corrected chi connectivity index (χ2v) is 8.15. The number of aliphatic hydroxyl groups excluding tert-OH is 1. The number of ether oxygens (including phenoxy) is 2. The third-order valence-electron chi connectivity index (χ3n) is 5.82. The maximum atomic E-state index is 13.1. The molecule has 9 nitrogen and oxygen atoms in total.